The van der Waals surface area contributed by atoms with E-state index in [0.717, 1.165) is 9.21 Å². The Morgan fingerprint density at radius 1 is 1.18 bits per heavy atom. The molecule has 176 valence electrons. The van der Waals surface area contributed by atoms with E-state index in [-0.39, 0.29) is 10.6 Å². The van der Waals surface area contributed by atoms with Crippen LogP contribution in [-0.4, -0.2) is 63.2 Å². The largest absolute Gasteiger partial charge is 0.497 e. The Kier molecular flexibility index (Phi) is 6.48. The monoisotopic (exact) mass is 474 g/mol. The number of ether oxygens (including phenoxy) is 1. The van der Waals surface area contributed by atoms with E-state index in [1.165, 1.54) is 33.3 Å². The Morgan fingerprint density at radius 2 is 1.88 bits per heavy atom. The van der Waals surface area contributed by atoms with Gasteiger partial charge in [-0.15, -0.1) is 0 Å². The minimum Gasteiger partial charge on any atom is -0.497 e. The molecule has 1 aliphatic rings. The molecule has 10 nitrogen and oxygen atoms in total. The third-order valence-electron chi connectivity index (χ3n) is 5.49. The molecule has 2 aromatic rings. The summed E-state index contributed by atoms with van der Waals surface area (Å²) in [6.45, 7) is 2.73. The normalized spacial score (nSPS) is 18.4. The second-order valence-electron chi connectivity index (χ2n) is 7.99. The summed E-state index contributed by atoms with van der Waals surface area (Å²) >= 11 is 0. The highest BCUT2D eigenvalue weighted by atomic mass is 32.2. The maximum absolute atomic E-state index is 13.1. The summed E-state index contributed by atoms with van der Waals surface area (Å²) in [5, 5.41) is 5.24. The van der Waals surface area contributed by atoms with Gasteiger partial charge in [0.1, 0.15) is 17.8 Å². The summed E-state index contributed by atoms with van der Waals surface area (Å²) in [5.41, 5.74) is 0.0483. The number of rotatable bonds is 7. The van der Waals surface area contributed by atoms with E-state index in [1.807, 2.05) is 0 Å². The fourth-order valence-corrected chi connectivity index (χ4v) is 4.34. The van der Waals surface area contributed by atoms with E-state index in [0.29, 0.717) is 16.9 Å². The van der Waals surface area contributed by atoms with Crippen LogP contribution >= 0.6 is 0 Å². The Hall–Kier alpha value is -3.44. The molecule has 33 heavy (non-hydrogen) atoms. The third-order valence-corrected chi connectivity index (χ3v) is 7.30. The maximum Gasteiger partial charge on any atom is 0.325 e. The lowest BCUT2D eigenvalue weighted by Gasteiger charge is -2.22. The van der Waals surface area contributed by atoms with Crippen LogP contribution < -0.4 is 15.4 Å². The quantitative estimate of drug-likeness (QED) is 0.588. The molecule has 1 atom stereocenters. The van der Waals surface area contributed by atoms with Gasteiger partial charge in [-0.1, -0.05) is 18.2 Å². The van der Waals surface area contributed by atoms with Crippen LogP contribution in [0.5, 0.6) is 5.75 Å². The highest BCUT2D eigenvalue weighted by Crippen LogP contribution is 2.31. The molecule has 0 unspecified atom stereocenters. The first-order valence-corrected chi connectivity index (χ1v) is 11.5. The molecule has 0 spiro atoms. The molecular weight excluding hydrogens is 448 g/mol. The number of urea groups is 1. The molecule has 0 saturated carbocycles. The third kappa shape index (κ3) is 4.55. The molecule has 2 N–H and O–H groups in total. The lowest BCUT2D eigenvalue weighted by atomic mass is 9.92. The second-order valence-corrected chi connectivity index (χ2v) is 10.1. The fraction of sp³-hybridized carbons (Fsp3) is 0.318. The zero-order valence-corrected chi connectivity index (χ0v) is 19.8. The number of benzene rings is 2. The Balaban J connectivity index is 1.80. The fourth-order valence-electron chi connectivity index (χ4n) is 3.41. The molecule has 0 radical (unpaired) electrons. The Labute approximate surface area is 192 Å². The van der Waals surface area contributed by atoms with Gasteiger partial charge in [0.25, 0.3) is 5.91 Å². The molecule has 0 aliphatic carbocycles. The van der Waals surface area contributed by atoms with E-state index in [4.69, 9.17) is 4.74 Å². The number of hydrogen-bond acceptors (Lipinski definition) is 6. The first-order chi connectivity index (χ1) is 15.4. The molecule has 4 amide bonds. The summed E-state index contributed by atoms with van der Waals surface area (Å²) in [7, 11) is 0.608. The van der Waals surface area contributed by atoms with Gasteiger partial charge >= 0.3 is 6.03 Å². The zero-order chi connectivity index (χ0) is 24.6. The molecule has 0 bridgehead atoms. The summed E-state index contributed by atoms with van der Waals surface area (Å²) < 4.78 is 31.0. The van der Waals surface area contributed by atoms with Crippen molar-refractivity contribution in [1.82, 2.24) is 14.5 Å². The van der Waals surface area contributed by atoms with Gasteiger partial charge in [0.15, 0.2) is 0 Å². The van der Waals surface area contributed by atoms with E-state index in [9.17, 15) is 22.8 Å². The standard InChI is InChI=1S/C22H26N4O6S/c1-14-9-10-17(33(30,31)25(3)4)12-18(14)23-19(27)13-26-20(28)22(2,24-21(26)29)15-7-6-8-16(11-15)32-5/h6-12H,13H2,1-5H3,(H,23,27)(H,24,29)/t22-/m0/s1. The second kappa shape index (κ2) is 8.83. The van der Waals surface area contributed by atoms with E-state index in [1.54, 1.807) is 44.2 Å². The summed E-state index contributed by atoms with van der Waals surface area (Å²) in [4.78, 5) is 39.2. The van der Waals surface area contributed by atoms with E-state index >= 15 is 0 Å². The van der Waals surface area contributed by atoms with Crippen molar-refractivity contribution in [2.45, 2.75) is 24.3 Å². The molecular formula is C22H26N4O6S. The summed E-state index contributed by atoms with van der Waals surface area (Å²) in [6.07, 6.45) is 0. The van der Waals surface area contributed by atoms with Crippen LogP contribution in [0, 0.1) is 6.92 Å². The van der Waals surface area contributed by atoms with Crippen LogP contribution in [0.15, 0.2) is 47.4 Å². The lowest BCUT2D eigenvalue weighted by Crippen LogP contribution is -2.42. The van der Waals surface area contributed by atoms with Crippen LogP contribution in [-0.2, 0) is 25.2 Å². The molecule has 3 rings (SSSR count). The summed E-state index contributed by atoms with van der Waals surface area (Å²) in [6, 6.07) is 10.4. The SMILES string of the molecule is COc1cccc([C@]2(C)NC(=O)N(CC(=O)Nc3cc(S(=O)(=O)N(C)C)ccc3C)C2=O)c1. The summed E-state index contributed by atoms with van der Waals surface area (Å²) in [5.74, 6) is -0.706. The highest BCUT2D eigenvalue weighted by Gasteiger charge is 2.49. The number of anilines is 1. The topological polar surface area (TPSA) is 125 Å². The smallest absolute Gasteiger partial charge is 0.325 e. The number of nitrogens with one attached hydrogen (secondary N) is 2. The molecule has 1 heterocycles. The lowest BCUT2D eigenvalue weighted by molar-refractivity contribution is -0.133. The van der Waals surface area contributed by atoms with Crippen molar-refractivity contribution in [2.24, 2.45) is 0 Å². The van der Waals surface area contributed by atoms with Crippen LogP contribution in [0.3, 0.4) is 0 Å². The van der Waals surface area contributed by atoms with Crippen LogP contribution in [0.4, 0.5) is 10.5 Å². The Bertz CT molecular complexity index is 1230. The van der Waals surface area contributed by atoms with Crippen molar-refractivity contribution >= 4 is 33.6 Å². The number of carbonyl (C=O) groups excluding carboxylic acids is 3. The van der Waals surface area contributed by atoms with Crippen molar-refractivity contribution in [2.75, 3.05) is 33.1 Å². The van der Waals surface area contributed by atoms with Gasteiger partial charge < -0.3 is 15.4 Å². The van der Waals surface area contributed by atoms with Crippen LogP contribution in [0.2, 0.25) is 0 Å². The number of sulfonamides is 1. The first kappa shape index (κ1) is 24.2. The van der Waals surface area contributed by atoms with Gasteiger partial charge in [0.2, 0.25) is 15.9 Å². The number of nitrogens with zero attached hydrogens (tertiary/aromatic N) is 2. The minimum atomic E-state index is -3.70. The van der Waals surface area contributed by atoms with Crippen molar-refractivity contribution in [3.05, 3.63) is 53.6 Å². The maximum atomic E-state index is 13.1. The first-order valence-electron chi connectivity index (χ1n) is 10.0. The number of hydrogen-bond donors (Lipinski definition) is 2. The number of carbonyl (C=O) groups is 3. The highest BCUT2D eigenvalue weighted by molar-refractivity contribution is 7.89. The minimum absolute atomic E-state index is 0.00833. The van der Waals surface area contributed by atoms with Crippen molar-refractivity contribution in [1.29, 1.82) is 0 Å². The van der Waals surface area contributed by atoms with Gasteiger partial charge in [-0.3, -0.25) is 14.5 Å². The molecule has 11 heteroatoms. The number of imide groups is 1. The van der Waals surface area contributed by atoms with Crippen molar-refractivity contribution < 1.29 is 27.5 Å². The average Bonchev–Trinajstić information content (AvgIpc) is 2.99. The molecule has 2 aromatic carbocycles. The number of methoxy groups -OCH3 is 1. The van der Waals surface area contributed by atoms with Gasteiger partial charge in [0, 0.05) is 19.8 Å². The molecule has 1 aliphatic heterocycles. The average molecular weight is 475 g/mol. The number of amides is 4. The van der Waals surface area contributed by atoms with Gasteiger partial charge in [-0.2, -0.15) is 0 Å². The molecule has 0 aromatic heterocycles. The predicted molar refractivity (Wildman–Crippen MR) is 121 cm³/mol. The predicted octanol–water partition coefficient (Wildman–Crippen LogP) is 1.66. The zero-order valence-electron chi connectivity index (χ0n) is 19.0. The van der Waals surface area contributed by atoms with E-state index in [2.05, 4.69) is 10.6 Å². The van der Waals surface area contributed by atoms with Crippen LogP contribution in [0.1, 0.15) is 18.1 Å². The van der Waals surface area contributed by atoms with E-state index < -0.39 is 40.0 Å². The number of aryl methyl sites for hydroxylation is 1. The Morgan fingerprint density at radius 3 is 2.52 bits per heavy atom. The van der Waals surface area contributed by atoms with Crippen LogP contribution in [0.25, 0.3) is 0 Å². The van der Waals surface area contributed by atoms with Crippen molar-refractivity contribution in [3.63, 3.8) is 0 Å². The van der Waals surface area contributed by atoms with Gasteiger partial charge in [-0.25, -0.2) is 17.5 Å². The molecule has 1 fully saturated rings. The molecule has 1 saturated heterocycles. The van der Waals surface area contributed by atoms with Crippen molar-refractivity contribution in [3.8, 4) is 5.75 Å². The van der Waals surface area contributed by atoms with Gasteiger partial charge in [-0.05, 0) is 49.2 Å². The van der Waals surface area contributed by atoms with Gasteiger partial charge in [0.05, 0.1) is 12.0 Å².